The molecule has 0 spiro atoms. The third-order valence-corrected chi connectivity index (χ3v) is 4.57. The summed E-state index contributed by atoms with van der Waals surface area (Å²) in [5.41, 5.74) is 6.78. The van der Waals surface area contributed by atoms with Crippen molar-refractivity contribution in [2.24, 2.45) is 5.73 Å². The summed E-state index contributed by atoms with van der Waals surface area (Å²) in [5, 5.41) is 0. The van der Waals surface area contributed by atoms with Crippen LogP contribution in [0.1, 0.15) is 31.2 Å². The summed E-state index contributed by atoms with van der Waals surface area (Å²) in [6.07, 6.45) is 4.50. The predicted molar refractivity (Wildman–Crippen MR) is 84.0 cm³/mol. The van der Waals surface area contributed by atoms with E-state index in [2.05, 4.69) is 36.2 Å². The van der Waals surface area contributed by atoms with Gasteiger partial charge in [-0.05, 0) is 44.7 Å². The van der Waals surface area contributed by atoms with Crippen LogP contribution in [0.5, 0.6) is 0 Å². The summed E-state index contributed by atoms with van der Waals surface area (Å²) < 4.78 is 4.87. The SMILES string of the molecule is COC(=O)C1(N)CCCC(N(C)CCc2ccccc2)C1. The third-order valence-electron chi connectivity index (χ3n) is 4.57. The topological polar surface area (TPSA) is 55.6 Å². The maximum absolute atomic E-state index is 11.9. The molecule has 2 rings (SSSR count). The van der Waals surface area contributed by atoms with Gasteiger partial charge < -0.3 is 15.4 Å². The zero-order valence-electron chi connectivity index (χ0n) is 13.0. The molecule has 1 aliphatic rings. The molecular formula is C17H26N2O2. The molecule has 0 aromatic heterocycles. The number of hydrogen-bond donors (Lipinski definition) is 1. The maximum Gasteiger partial charge on any atom is 0.325 e. The monoisotopic (exact) mass is 290 g/mol. The van der Waals surface area contributed by atoms with Crippen LogP contribution in [0.3, 0.4) is 0 Å². The van der Waals surface area contributed by atoms with Crippen LogP contribution in [0, 0.1) is 0 Å². The lowest BCUT2D eigenvalue weighted by Gasteiger charge is -2.39. The van der Waals surface area contributed by atoms with Crippen LogP contribution >= 0.6 is 0 Å². The van der Waals surface area contributed by atoms with E-state index in [1.165, 1.54) is 12.7 Å². The van der Waals surface area contributed by atoms with Crippen molar-refractivity contribution >= 4 is 5.97 Å². The van der Waals surface area contributed by atoms with Gasteiger partial charge in [0.1, 0.15) is 5.54 Å². The van der Waals surface area contributed by atoms with Crippen molar-refractivity contribution in [3.8, 4) is 0 Å². The Morgan fingerprint density at radius 1 is 1.43 bits per heavy atom. The normalized spacial score (nSPS) is 25.8. The molecule has 4 nitrogen and oxygen atoms in total. The molecule has 0 saturated heterocycles. The van der Waals surface area contributed by atoms with Gasteiger partial charge in [-0.3, -0.25) is 4.79 Å². The lowest BCUT2D eigenvalue weighted by Crippen LogP contribution is -2.55. The van der Waals surface area contributed by atoms with Gasteiger partial charge in [0, 0.05) is 12.6 Å². The molecular weight excluding hydrogens is 264 g/mol. The fraction of sp³-hybridized carbons (Fsp3) is 0.588. The standard InChI is InChI=1S/C17H26N2O2/c1-19(12-10-14-7-4-3-5-8-14)15-9-6-11-17(18,13-15)16(20)21-2/h3-5,7-8,15H,6,9-13,18H2,1-2H3. The first-order valence-electron chi connectivity index (χ1n) is 7.66. The van der Waals surface area contributed by atoms with Crippen molar-refractivity contribution in [1.29, 1.82) is 0 Å². The largest absolute Gasteiger partial charge is 0.468 e. The first-order valence-corrected chi connectivity index (χ1v) is 7.66. The number of esters is 1. The summed E-state index contributed by atoms with van der Waals surface area (Å²) in [6.45, 7) is 0.978. The van der Waals surface area contributed by atoms with Crippen LogP contribution < -0.4 is 5.73 Å². The number of hydrogen-bond acceptors (Lipinski definition) is 4. The minimum absolute atomic E-state index is 0.274. The molecule has 1 aromatic carbocycles. The van der Waals surface area contributed by atoms with Gasteiger partial charge in [-0.25, -0.2) is 0 Å². The van der Waals surface area contributed by atoms with E-state index in [0.717, 1.165) is 32.2 Å². The molecule has 1 aliphatic carbocycles. The van der Waals surface area contributed by atoms with Crippen molar-refractivity contribution < 1.29 is 9.53 Å². The number of rotatable bonds is 5. The first-order chi connectivity index (χ1) is 10.0. The van der Waals surface area contributed by atoms with Gasteiger partial charge in [-0.2, -0.15) is 0 Å². The number of methoxy groups -OCH3 is 1. The summed E-state index contributed by atoms with van der Waals surface area (Å²) >= 11 is 0. The minimum atomic E-state index is -0.807. The fourth-order valence-corrected chi connectivity index (χ4v) is 3.18. The lowest BCUT2D eigenvalue weighted by atomic mass is 9.79. The molecule has 2 unspecified atom stereocenters. The number of likely N-dealkylation sites (N-methyl/N-ethyl adjacent to an activating group) is 1. The molecule has 1 saturated carbocycles. The highest BCUT2D eigenvalue weighted by molar-refractivity contribution is 5.80. The maximum atomic E-state index is 11.9. The Bertz CT molecular complexity index is 463. The Morgan fingerprint density at radius 3 is 2.81 bits per heavy atom. The molecule has 21 heavy (non-hydrogen) atoms. The van der Waals surface area contributed by atoms with Gasteiger partial charge in [0.05, 0.1) is 7.11 Å². The molecule has 1 fully saturated rings. The van der Waals surface area contributed by atoms with E-state index in [4.69, 9.17) is 10.5 Å². The van der Waals surface area contributed by atoms with Crippen LogP contribution in [0.2, 0.25) is 0 Å². The van der Waals surface area contributed by atoms with Gasteiger partial charge in [0.15, 0.2) is 0 Å². The summed E-state index contributed by atoms with van der Waals surface area (Å²) in [6, 6.07) is 10.8. The highest BCUT2D eigenvalue weighted by atomic mass is 16.5. The molecule has 0 amide bonds. The molecule has 2 N–H and O–H groups in total. The summed E-state index contributed by atoms with van der Waals surface area (Å²) in [7, 11) is 3.54. The van der Waals surface area contributed by atoms with Crippen LogP contribution in [-0.4, -0.2) is 43.2 Å². The molecule has 1 aromatic rings. The minimum Gasteiger partial charge on any atom is -0.468 e. The number of carbonyl (C=O) groups is 1. The van der Waals surface area contributed by atoms with E-state index in [1.54, 1.807) is 0 Å². The van der Waals surface area contributed by atoms with Crippen molar-refractivity contribution in [2.75, 3.05) is 20.7 Å². The highest BCUT2D eigenvalue weighted by Crippen LogP contribution is 2.30. The zero-order valence-corrected chi connectivity index (χ0v) is 13.0. The van der Waals surface area contributed by atoms with Crippen molar-refractivity contribution in [1.82, 2.24) is 4.90 Å². The predicted octanol–water partition coefficient (Wildman–Crippen LogP) is 1.97. The van der Waals surface area contributed by atoms with E-state index < -0.39 is 5.54 Å². The molecule has 4 heteroatoms. The zero-order chi connectivity index (χ0) is 15.3. The average Bonchev–Trinajstić information content (AvgIpc) is 2.52. The van der Waals surface area contributed by atoms with Crippen LogP contribution in [0.4, 0.5) is 0 Å². The second-order valence-corrected chi connectivity index (χ2v) is 6.11. The van der Waals surface area contributed by atoms with E-state index in [9.17, 15) is 4.79 Å². The van der Waals surface area contributed by atoms with E-state index in [-0.39, 0.29) is 5.97 Å². The third kappa shape index (κ3) is 4.05. The van der Waals surface area contributed by atoms with E-state index >= 15 is 0 Å². The van der Waals surface area contributed by atoms with Gasteiger partial charge in [0.2, 0.25) is 0 Å². The number of nitrogens with two attached hydrogens (primary N) is 1. The quantitative estimate of drug-likeness (QED) is 0.842. The van der Waals surface area contributed by atoms with Crippen molar-refractivity contribution in [2.45, 2.75) is 43.7 Å². The highest BCUT2D eigenvalue weighted by Gasteiger charge is 2.41. The Kier molecular flexibility index (Phi) is 5.37. The average molecular weight is 290 g/mol. The Hall–Kier alpha value is -1.39. The van der Waals surface area contributed by atoms with Crippen molar-refractivity contribution in [3.05, 3.63) is 35.9 Å². The second-order valence-electron chi connectivity index (χ2n) is 6.11. The molecule has 116 valence electrons. The molecule has 0 radical (unpaired) electrons. The number of carbonyl (C=O) groups excluding carboxylic acids is 1. The molecule has 0 aliphatic heterocycles. The Labute approximate surface area is 127 Å². The van der Waals surface area contributed by atoms with Gasteiger partial charge in [-0.15, -0.1) is 0 Å². The number of benzene rings is 1. The molecule has 2 atom stereocenters. The number of ether oxygens (including phenoxy) is 1. The van der Waals surface area contributed by atoms with Crippen LogP contribution in [-0.2, 0) is 16.0 Å². The summed E-state index contributed by atoms with van der Waals surface area (Å²) in [5.74, 6) is -0.274. The van der Waals surface area contributed by atoms with E-state index in [0.29, 0.717) is 12.5 Å². The van der Waals surface area contributed by atoms with Gasteiger partial charge in [-0.1, -0.05) is 30.3 Å². The van der Waals surface area contributed by atoms with Gasteiger partial charge in [0.25, 0.3) is 0 Å². The molecule has 0 bridgehead atoms. The van der Waals surface area contributed by atoms with Crippen molar-refractivity contribution in [3.63, 3.8) is 0 Å². The first kappa shape index (κ1) is 16.0. The van der Waals surface area contributed by atoms with Crippen LogP contribution in [0.25, 0.3) is 0 Å². The lowest BCUT2D eigenvalue weighted by molar-refractivity contribution is -0.149. The van der Waals surface area contributed by atoms with Crippen LogP contribution in [0.15, 0.2) is 30.3 Å². The Balaban J connectivity index is 1.90. The summed E-state index contributed by atoms with van der Waals surface area (Å²) in [4.78, 5) is 14.2. The fourth-order valence-electron chi connectivity index (χ4n) is 3.18. The van der Waals surface area contributed by atoms with Gasteiger partial charge >= 0.3 is 5.97 Å². The Morgan fingerprint density at radius 2 is 2.14 bits per heavy atom. The van der Waals surface area contributed by atoms with E-state index in [1.807, 2.05) is 6.07 Å². The second kappa shape index (κ2) is 7.05. The number of nitrogens with zero attached hydrogens (tertiary/aromatic N) is 1. The smallest absolute Gasteiger partial charge is 0.325 e. The molecule has 0 heterocycles.